The first-order chi connectivity index (χ1) is 11.2. The Morgan fingerprint density at radius 3 is 2.70 bits per heavy atom. The van der Waals surface area contributed by atoms with Crippen molar-refractivity contribution in [1.29, 1.82) is 0 Å². The zero-order valence-corrected chi connectivity index (χ0v) is 14.9. The zero-order chi connectivity index (χ0) is 16.0. The number of fused-ring (bicyclic) bond motifs is 1. The first-order valence-electron chi connectivity index (χ1n) is 8.37. The maximum atomic E-state index is 4.55. The number of nitrogens with zero attached hydrogens (tertiary/aromatic N) is 6. The molecule has 2 saturated heterocycles. The summed E-state index contributed by atoms with van der Waals surface area (Å²) in [4.78, 5) is 14.0. The summed E-state index contributed by atoms with van der Waals surface area (Å²) in [7, 11) is 0. The smallest absolute Gasteiger partial charge is 0.254 e. The van der Waals surface area contributed by atoms with Gasteiger partial charge < -0.3 is 4.90 Å². The van der Waals surface area contributed by atoms with Crippen LogP contribution in [-0.2, 0) is 0 Å². The molecule has 4 rings (SSSR count). The van der Waals surface area contributed by atoms with Crippen molar-refractivity contribution in [2.75, 3.05) is 37.3 Å². The number of hydrogen-bond acceptors (Lipinski definition) is 6. The van der Waals surface area contributed by atoms with Gasteiger partial charge in [-0.3, -0.25) is 4.90 Å². The quantitative estimate of drug-likeness (QED) is 0.854. The molecule has 0 aromatic carbocycles. The molecule has 0 spiro atoms. The number of anilines is 1. The van der Waals surface area contributed by atoms with Crippen molar-refractivity contribution in [3.8, 4) is 0 Å². The number of likely N-dealkylation sites (tertiary alicyclic amines) is 1. The van der Waals surface area contributed by atoms with Crippen molar-refractivity contribution in [2.45, 2.75) is 38.0 Å². The summed E-state index contributed by atoms with van der Waals surface area (Å²) in [6.45, 7) is 8.86. The minimum absolute atomic E-state index is 0.638. The summed E-state index contributed by atoms with van der Waals surface area (Å²) in [5, 5.41) is 5.07. The van der Waals surface area contributed by atoms with Crippen LogP contribution in [0.2, 0.25) is 0 Å². The van der Waals surface area contributed by atoms with E-state index in [1.807, 2.05) is 16.3 Å². The second-order valence-electron chi connectivity index (χ2n) is 6.61. The first-order valence-corrected chi connectivity index (χ1v) is 9.66. The molecule has 7 heteroatoms. The van der Waals surface area contributed by atoms with Gasteiger partial charge in [-0.1, -0.05) is 0 Å². The van der Waals surface area contributed by atoms with Crippen molar-refractivity contribution in [3.05, 3.63) is 17.6 Å². The van der Waals surface area contributed by atoms with E-state index in [0.717, 1.165) is 18.8 Å². The van der Waals surface area contributed by atoms with Crippen LogP contribution in [-0.4, -0.2) is 68.2 Å². The minimum Gasteiger partial charge on any atom is -0.353 e. The number of hydrogen-bond donors (Lipinski definition) is 0. The van der Waals surface area contributed by atoms with E-state index in [2.05, 4.69) is 45.0 Å². The number of aromatic nitrogens is 4. The van der Waals surface area contributed by atoms with Gasteiger partial charge >= 0.3 is 0 Å². The fourth-order valence-electron chi connectivity index (χ4n) is 3.97. The standard InChI is InChI=1S/C16H24N6S/c1-11-12(2)19-16-17-10-18-22(16)15(11)21-8-13(14(9-21)23-3)20-6-4-5-7-20/h10,13-14H,4-9H2,1-3H3/t13-,14+/m0/s1. The van der Waals surface area contributed by atoms with Crippen LogP contribution in [0.15, 0.2) is 6.33 Å². The van der Waals surface area contributed by atoms with Crippen molar-refractivity contribution < 1.29 is 0 Å². The normalized spacial score (nSPS) is 25.8. The third-order valence-electron chi connectivity index (χ3n) is 5.33. The second kappa shape index (κ2) is 5.94. The molecule has 2 atom stereocenters. The van der Waals surface area contributed by atoms with Crippen molar-refractivity contribution >= 4 is 23.4 Å². The summed E-state index contributed by atoms with van der Waals surface area (Å²) in [5.41, 5.74) is 2.26. The monoisotopic (exact) mass is 332 g/mol. The van der Waals surface area contributed by atoms with Gasteiger partial charge in [0, 0.05) is 35.6 Å². The molecule has 0 unspecified atom stereocenters. The Bertz CT molecular complexity index is 708. The van der Waals surface area contributed by atoms with Crippen LogP contribution in [0.1, 0.15) is 24.1 Å². The van der Waals surface area contributed by atoms with E-state index in [0.29, 0.717) is 17.1 Å². The largest absolute Gasteiger partial charge is 0.353 e. The molecule has 0 bridgehead atoms. The summed E-state index contributed by atoms with van der Waals surface area (Å²) < 4.78 is 1.91. The lowest BCUT2D eigenvalue weighted by Gasteiger charge is -2.27. The van der Waals surface area contributed by atoms with Gasteiger partial charge in [-0.2, -0.15) is 26.4 Å². The van der Waals surface area contributed by atoms with Gasteiger partial charge in [0.05, 0.1) is 0 Å². The Morgan fingerprint density at radius 1 is 1.17 bits per heavy atom. The van der Waals surface area contributed by atoms with Crippen LogP contribution in [0, 0.1) is 13.8 Å². The van der Waals surface area contributed by atoms with Crippen LogP contribution in [0.5, 0.6) is 0 Å². The summed E-state index contributed by atoms with van der Waals surface area (Å²) in [6.07, 6.45) is 6.54. The maximum Gasteiger partial charge on any atom is 0.254 e. The summed E-state index contributed by atoms with van der Waals surface area (Å²) in [5.74, 6) is 1.87. The summed E-state index contributed by atoms with van der Waals surface area (Å²) >= 11 is 2.00. The molecular weight excluding hydrogens is 308 g/mol. The van der Waals surface area contributed by atoms with E-state index in [1.165, 1.54) is 37.3 Å². The second-order valence-corrected chi connectivity index (χ2v) is 7.68. The number of aryl methyl sites for hydroxylation is 1. The SMILES string of the molecule is CS[C@@H]1CN(c2c(C)c(C)nc3ncnn23)C[C@@H]1N1CCCC1. The zero-order valence-electron chi connectivity index (χ0n) is 14.1. The Balaban J connectivity index is 1.71. The molecule has 0 amide bonds. The average molecular weight is 332 g/mol. The lowest BCUT2D eigenvalue weighted by atomic mass is 10.2. The van der Waals surface area contributed by atoms with E-state index in [9.17, 15) is 0 Å². The molecular formula is C16H24N6S. The van der Waals surface area contributed by atoms with Gasteiger partial charge in [-0.05, 0) is 46.0 Å². The predicted molar refractivity (Wildman–Crippen MR) is 94.4 cm³/mol. The molecule has 0 N–H and O–H groups in total. The van der Waals surface area contributed by atoms with Crippen molar-refractivity contribution in [3.63, 3.8) is 0 Å². The lowest BCUT2D eigenvalue weighted by Crippen LogP contribution is -2.40. The minimum atomic E-state index is 0.638. The Hall–Kier alpha value is -1.34. The van der Waals surface area contributed by atoms with Gasteiger partial charge in [0.2, 0.25) is 0 Å². The molecule has 0 aliphatic carbocycles. The third kappa shape index (κ3) is 2.50. The van der Waals surface area contributed by atoms with Crippen molar-refractivity contribution in [1.82, 2.24) is 24.5 Å². The van der Waals surface area contributed by atoms with Gasteiger partial charge in [-0.25, -0.2) is 4.98 Å². The third-order valence-corrected chi connectivity index (χ3v) is 6.39. The van der Waals surface area contributed by atoms with Gasteiger partial charge in [0.25, 0.3) is 5.78 Å². The predicted octanol–water partition coefficient (Wildman–Crippen LogP) is 1.76. The van der Waals surface area contributed by atoms with Crippen LogP contribution >= 0.6 is 11.8 Å². The Labute approximate surface area is 141 Å². The highest BCUT2D eigenvalue weighted by atomic mass is 32.2. The van der Waals surface area contributed by atoms with Crippen LogP contribution in [0.4, 0.5) is 5.82 Å². The van der Waals surface area contributed by atoms with E-state index < -0.39 is 0 Å². The van der Waals surface area contributed by atoms with Gasteiger partial charge in [0.15, 0.2) is 0 Å². The average Bonchev–Trinajstić information content (AvgIpc) is 3.27. The van der Waals surface area contributed by atoms with Crippen LogP contribution in [0.25, 0.3) is 5.78 Å². The first kappa shape index (κ1) is 15.2. The molecule has 23 heavy (non-hydrogen) atoms. The highest BCUT2D eigenvalue weighted by Gasteiger charge is 2.38. The Morgan fingerprint density at radius 2 is 1.96 bits per heavy atom. The fourth-order valence-corrected chi connectivity index (χ4v) is 4.87. The van der Waals surface area contributed by atoms with E-state index >= 15 is 0 Å². The Kier molecular flexibility index (Phi) is 3.93. The summed E-state index contributed by atoms with van der Waals surface area (Å²) in [6, 6.07) is 0.638. The molecule has 2 aromatic heterocycles. The highest BCUT2D eigenvalue weighted by molar-refractivity contribution is 7.99. The molecule has 2 aromatic rings. The number of rotatable bonds is 3. The molecule has 2 aliphatic heterocycles. The molecule has 4 heterocycles. The van der Waals surface area contributed by atoms with E-state index in [-0.39, 0.29) is 0 Å². The van der Waals surface area contributed by atoms with Crippen molar-refractivity contribution in [2.24, 2.45) is 0 Å². The lowest BCUT2D eigenvalue weighted by molar-refractivity contribution is 0.264. The van der Waals surface area contributed by atoms with Gasteiger partial charge in [0.1, 0.15) is 12.1 Å². The van der Waals surface area contributed by atoms with Gasteiger partial charge in [-0.15, -0.1) is 0 Å². The molecule has 6 nitrogen and oxygen atoms in total. The fraction of sp³-hybridized carbons (Fsp3) is 0.688. The topological polar surface area (TPSA) is 49.6 Å². The highest BCUT2D eigenvalue weighted by Crippen LogP contribution is 2.33. The molecule has 0 saturated carbocycles. The van der Waals surface area contributed by atoms with Crippen LogP contribution < -0.4 is 4.90 Å². The maximum absolute atomic E-state index is 4.55. The van der Waals surface area contributed by atoms with E-state index in [1.54, 1.807) is 6.33 Å². The van der Waals surface area contributed by atoms with E-state index in [4.69, 9.17) is 0 Å². The molecule has 2 fully saturated rings. The molecule has 2 aliphatic rings. The molecule has 0 radical (unpaired) electrons. The van der Waals surface area contributed by atoms with Crippen LogP contribution in [0.3, 0.4) is 0 Å². The molecule has 124 valence electrons. The number of thioether (sulfide) groups is 1.